The molecule has 0 radical (unpaired) electrons. The zero-order valence-electron chi connectivity index (χ0n) is 8.77. The second kappa shape index (κ2) is 5.36. The van der Waals surface area contributed by atoms with Crippen molar-refractivity contribution in [2.45, 2.75) is 6.18 Å². The number of carbonyl (C=O) groups is 1. The summed E-state index contributed by atoms with van der Waals surface area (Å²) >= 11 is 0. The standard InChI is InChI=1S/C9H8F3NO4S/c10-9(11,12)6-17-18(15,16)13-8(14)7-4-2-1-3-5-7/h1-5H,6H2,(H,13,14). The van der Waals surface area contributed by atoms with Crippen LogP contribution in [0.15, 0.2) is 30.3 Å². The number of alkyl halides is 3. The molecule has 0 saturated carbocycles. The molecule has 0 heterocycles. The quantitative estimate of drug-likeness (QED) is 0.902. The Morgan fingerprint density at radius 2 is 1.78 bits per heavy atom. The fourth-order valence-corrected chi connectivity index (χ4v) is 1.63. The Morgan fingerprint density at radius 3 is 2.28 bits per heavy atom. The van der Waals surface area contributed by atoms with E-state index in [0.717, 1.165) is 0 Å². The van der Waals surface area contributed by atoms with Gasteiger partial charge >= 0.3 is 16.5 Å². The maximum Gasteiger partial charge on any atom is 0.413 e. The van der Waals surface area contributed by atoms with Crippen molar-refractivity contribution in [3.05, 3.63) is 35.9 Å². The summed E-state index contributed by atoms with van der Waals surface area (Å²) in [6.07, 6.45) is -4.80. The molecule has 0 saturated heterocycles. The third-order valence-corrected chi connectivity index (χ3v) is 2.49. The second-order valence-corrected chi connectivity index (χ2v) is 4.48. The van der Waals surface area contributed by atoms with Gasteiger partial charge in [0.15, 0.2) is 6.61 Å². The van der Waals surface area contributed by atoms with E-state index in [0.29, 0.717) is 0 Å². The van der Waals surface area contributed by atoms with Gasteiger partial charge in [-0.3, -0.25) is 4.79 Å². The Morgan fingerprint density at radius 1 is 1.22 bits per heavy atom. The summed E-state index contributed by atoms with van der Waals surface area (Å²) in [5, 5.41) is 0. The Labute approximate surface area is 101 Å². The third kappa shape index (κ3) is 5.15. The summed E-state index contributed by atoms with van der Waals surface area (Å²) in [4.78, 5) is 11.3. The molecule has 0 aliphatic heterocycles. The summed E-state index contributed by atoms with van der Waals surface area (Å²) in [5.41, 5.74) is -0.0170. The molecule has 1 N–H and O–H groups in total. The first-order chi connectivity index (χ1) is 8.20. The van der Waals surface area contributed by atoms with Gasteiger partial charge in [-0.25, -0.2) is 8.91 Å². The lowest BCUT2D eigenvalue weighted by Gasteiger charge is -2.09. The van der Waals surface area contributed by atoms with Gasteiger partial charge in [0.1, 0.15) is 0 Å². The molecule has 1 rings (SSSR count). The molecule has 9 heteroatoms. The predicted octanol–water partition coefficient (Wildman–Crippen LogP) is 1.24. The summed E-state index contributed by atoms with van der Waals surface area (Å²) in [7, 11) is -4.78. The van der Waals surface area contributed by atoms with Gasteiger partial charge in [0.2, 0.25) is 0 Å². The Bertz CT molecular complexity index is 512. The summed E-state index contributed by atoms with van der Waals surface area (Å²) in [6, 6.07) is 7.13. The normalized spacial score (nSPS) is 12.2. The molecule has 0 unspecified atom stereocenters. The smallest absolute Gasteiger partial charge is 0.268 e. The number of halogens is 3. The van der Waals surface area contributed by atoms with Gasteiger partial charge in [-0.1, -0.05) is 18.2 Å². The highest BCUT2D eigenvalue weighted by Crippen LogP contribution is 2.15. The summed E-state index contributed by atoms with van der Waals surface area (Å²) in [5.74, 6) is -1.07. The van der Waals surface area contributed by atoms with E-state index < -0.39 is 29.0 Å². The van der Waals surface area contributed by atoms with Crippen LogP contribution >= 0.6 is 0 Å². The second-order valence-electron chi connectivity index (χ2n) is 3.13. The van der Waals surface area contributed by atoms with E-state index >= 15 is 0 Å². The average molecular weight is 283 g/mol. The van der Waals surface area contributed by atoms with Crippen LogP contribution in [0.25, 0.3) is 0 Å². The van der Waals surface area contributed by atoms with E-state index in [2.05, 4.69) is 4.18 Å². The van der Waals surface area contributed by atoms with E-state index in [1.807, 2.05) is 0 Å². The Hall–Kier alpha value is -1.61. The van der Waals surface area contributed by atoms with Crippen LogP contribution in [-0.4, -0.2) is 27.1 Å². The van der Waals surface area contributed by atoms with Crippen LogP contribution in [0.3, 0.4) is 0 Å². The molecule has 0 aliphatic rings. The van der Waals surface area contributed by atoms with E-state index in [9.17, 15) is 26.4 Å². The Kier molecular flexibility index (Phi) is 4.30. The number of rotatable bonds is 4. The highest BCUT2D eigenvalue weighted by molar-refractivity contribution is 7.85. The van der Waals surface area contributed by atoms with Crippen molar-refractivity contribution < 1.29 is 30.6 Å². The fraction of sp³-hybridized carbons (Fsp3) is 0.222. The van der Waals surface area contributed by atoms with Crippen molar-refractivity contribution in [2.75, 3.05) is 6.61 Å². The van der Waals surface area contributed by atoms with Crippen molar-refractivity contribution in [3.8, 4) is 0 Å². The van der Waals surface area contributed by atoms with E-state index in [1.165, 1.54) is 29.0 Å². The first-order valence-corrected chi connectivity index (χ1v) is 5.94. The largest absolute Gasteiger partial charge is 0.413 e. The first kappa shape index (κ1) is 14.5. The molecule has 0 spiro atoms. The lowest BCUT2D eigenvalue weighted by molar-refractivity contribution is -0.152. The molecule has 0 atom stereocenters. The number of benzene rings is 1. The average Bonchev–Trinajstić information content (AvgIpc) is 2.26. The maximum atomic E-state index is 11.7. The van der Waals surface area contributed by atoms with Crippen molar-refractivity contribution in [3.63, 3.8) is 0 Å². The van der Waals surface area contributed by atoms with Crippen molar-refractivity contribution >= 4 is 16.2 Å². The van der Waals surface area contributed by atoms with Crippen LogP contribution in [0.4, 0.5) is 13.2 Å². The zero-order chi connectivity index (χ0) is 13.8. The molecule has 1 aromatic carbocycles. The topological polar surface area (TPSA) is 72.5 Å². The molecule has 0 bridgehead atoms. The third-order valence-electron chi connectivity index (χ3n) is 1.63. The van der Waals surface area contributed by atoms with Crippen molar-refractivity contribution in [1.29, 1.82) is 0 Å². The Balaban J connectivity index is 2.64. The number of hydrogen-bond donors (Lipinski definition) is 1. The van der Waals surface area contributed by atoms with Gasteiger partial charge in [0, 0.05) is 5.56 Å². The molecule has 1 aromatic rings. The first-order valence-electron chi connectivity index (χ1n) is 4.53. The predicted molar refractivity (Wildman–Crippen MR) is 54.8 cm³/mol. The molecule has 18 heavy (non-hydrogen) atoms. The number of amides is 1. The van der Waals surface area contributed by atoms with Crippen molar-refractivity contribution in [1.82, 2.24) is 4.72 Å². The van der Waals surface area contributed by atoms with Gasteiger partial charge in [-0.05, 0) is 12.1 Å². The lowest BCUT2D eigenvalue weighted by Crippen LogP contribution is -2.34. The van der Waals surface area contributed by atoms with Crippen LogP contribution < -0.4 is 4.72 Å². The fourth-order valence-electron chi connectivity index (χ4n) is 0.936. The van der Waals surface area contributed by atoms with E-state index in [1.54, 1.807) is 6.07 Å². The van der Waals surface area contributed by atoms with Crippen LogP contribution in [0.2, 0.25) is 0 Å². The highest BCUT2D eigenvalue weighted by Gasteiger charge is 2.31. The van der Waals surface area contributed by atoms with Gasteiger partial charge in [-0.2, -0.15) is 21.6 Å². The minimum Gasteiger partial charge on any atom is -0.268 e. The molecule has 0 fully saturated rings. The zero-order valence-corrected chi connectivity index (χ0v) is 9.59. The SMILES string of the molecule is O=C(NS(=O)(=O)OCC(F)(F)F)c1ccccc1. The van der Waals surface area contributed by atoms with Crippen LogP contribution in [0.1, 0.15) is 10.4 Å². The highest BCUT2D eigenvalue weighted by atomic mass is 32.2. The monoisotopic (exact) mass is 283 g/mol. The molecule has 0 aliphatic carbocycles. The number of hydrogen-bond acceptors (Lipinski definition) is 4. The molecular formula is C9H8F3NO4S. The van der Waals surface area contributed by atoms with Crippen LogP contribution in [0, 0.1) is 0 Å². The van der Waals surface area contributed by atoms with Crippen LogP contribution in [-0.2, 0) is 14.5 Å². The lowest BCUT2D eigenvalue weighted by atomic mass is 10.2. The van der Waals surface area contributed by atoms with E-state index in [4.69, 9.17) is 0 Å². The maximum absolute atomic E-state index is 11.7. The van der Waals surface area contributed by atoms with E-state index in [-0.39, 0.29) is 5.56 Å². The minimum atomic E-state index is -4.80. The molecule has 0 aromatic heterocycles. The molecule has 5 nitrogen and oxygen atoms in total. The molecule has 100 valence electrons. The van der Waals surface area contributed by atoms with Crippen molar-refractivity contribution in [2.24, 2.45) is 0 Å². The number of nitrogens with one attached hydrogen (secondary N) is 1. The summed E-state index contributed by atoms with van der Waals surface area (Å²) in [6.45, 7) is -2.00. The molecular weight excluding hydrogens is 275 g/mol. The van der Waals surface area contributed by atoms with Gasteiger partial charge < -0.3 is 0 Å². The molecule has 1 amide bonds. The summed E-state index contributed by atoms with van der Waals surface area (Å²) < 4.78 is 62.2. The minimum absolute atomic E-state index is 0.0170. The number of carbonyl (C=O) groups excluding carboxylic acids is 1. The van der Waals surface area contributed by atoms with Crippen LogP contribution in [0.5, 0.6) is 0 Å². The van der Waals surface area contributed by atoms with Gasteiger partial charge in [0.25, 0.3) is 5.91 Å². The van der Waals surface area contributed by atoms with Gasteiger partial charge in [-0.15, -0.1) is 0 Å². The van der Waals surface area contributed by atoms with Gasteiger partial charge in [0.05, 0.1) is 0 Å².